The van der Waals surface area contributed by atoms with Gasteiger partial charge in [-0.1, -0.05) is 0 Å². The average molecular weight is 261 g/mol. The van der Waals surface area contributed by atoms with Crippen LogP contribution in [0.25, 0.3) is 0 Å². The highest BCUT2D eigenvalue weighted by atomic mass is 16.5. The van der Waals surface area contributed by atoms with E-state index in [0.717, 1.165) is 0 Å². The maximum absolute atomic E-state index is 11.4. The topological polar surface area (TPSA) is 117 Å². The Morgan fingerprint density at radius 2 is 1.72 bits per heavy atom. The molecule has 0 saturated heterocycles. The first-order valence-electron chi connectivity index (χ1n) is 5.45. The van der Waals surface area contributed by atoms with Crippen LogP contribution in [0.1, 0.15) is 13.8 Å². The van der Waals surface area contributed by atoms with Crippen LogP contribution in [-0.4, -0.2) is 55.4 Å². The van der Waals surface area contributed by atoms with E-state index >= 15 is 0 Å². The lowest BCUT2D eigenvalue weighted by molar-refractivity contribution is -0.138. The van der Waals surface area contributed by atoms with E-state index in [1.54, 1.807) is 0 Å². The molecule has 0 aromatic heterocycles. The largest absolute Gasteiger partial charge is 0.480 e. The zero-order chi connectivity index (χ0) is 14.1. The van der Waals surface area contributed by atoms with Gasteiger partial charge in [0.1, 0.15) is 12.1 Å². The van der Waals surface area contributed by atoms with E-state index in [0.29, 0.717) is 13.2 Å². The number of nitrogens with one attached hydrogen (secondary N) is 3. The van der Waals surface area contributed by atoms with Gasteiger partial charge >= 0.3 is 12.0 Å². The van der Waals surface area contributed by atoms with Gasteiger partial charge in [-0.25, -0.2) is 4.79 Å². The second kappa shape index (κ2) is 8.29. The molecular formula is C10H19N3O5. The second-order valence-corrected chi connectivity index (χ2v) is 3.68. The third kappa shape index (κ3) is 6.69. The minimum Gasteiger partial charge on any atom is -0.480 e. The van der Waals surface area contributed by atoms with Crippen LogP contribution in [-0.2, 0) is 14.3 Å². The molecule has 0 aromatic carbocycles. The monoisotopic (exact) mass is 261 g/mol. The Hall–Kier alpha value is -1.83. The molecule has 0 aliphatic carbocycles. The number of amides is 3. The number of methoxy groups -OCH3 is 1. The van der Waals surface area contributed by atoms with E-state index in [2.05, 4.69) is 16.0 Å². The van der Waals surface area contributed by atoms with Crippen molar-refractivity contribution in [3.05, 3.63) is 0 Å². The highest BCUT2D eigenvalue weighted by Gasteiger charge is 2.18. The van der Waals surface area contributed by atoms with Gasteiger partial charge in [-0.2, -0.15) is 0 Å². The minimum atomic E-state index is -1.15. The van der Waals surface area contributed by atoms with E-state index in [1.807, 2.05) is 0 Å². The lowest BCUT2D eigenvalue weighted by atomic mass is 10.3. The highest BCUT2D eigenvalue weighted by molar-refractivity contribution is 5.88. The van der Waals surface area contributed by atoms with Crippen molar-refractivity contribution in [1.29, 1.82) is 0 Å². The number of ether oxygens (including phenoxy) is 1. The number of rotatable bonds is 7. The molecule has 0 saturated carbocycles. The summed E-state index contributed by atoms with van der Waals surface area (Å²) in [5.74, 6) is -1.52. The average Bonchev–Trinajstić information content (AvgIpc) is 2.28. The number of hydrogen-bond donors (Lipinski definition) is 4. The molecular weight excluding hydrogens is 242 g/mol. The molecule has 2 unspecified atom stereocenters. The van der Waals surface area contributed by atoms with Gasteiger partial charge in [0.05, 0.1) is 6.61 Å². The predicted molar refractivity (Wildman–Crippen MR) is 63.1 cm³/mol. The van der Waals surface area contributed by atoms with Crippen molar-refractivity contribution in [3.8, 4) is 0 Å². The Balaban J connectivity index is 3.99. The molecule has 0 heterocycles. The molecule has 0 aliphatic rings. The van der Waals surface area contributed by atoms with Gasteiger partial charge in [-0.05, 0) is 13.8 Å². The zero-order valence-corrected chi connectivity index (χ0v) is 10.6. The van der Waals surface area contributed by atoms with Gasteiger partial charge in [0, 0.05) is 13.7 Å². The van der Waals surface area contributed by atoms with E-state index in [9.17, 15) is 14.4 Å². The summed E-state index contributed by atoms with van der Waals surface area (Å²) in [4.78, 5) is 33.3. The third-order valence-corrected chi connectivity index (χ3v) is 2.06. The smallest absolute Gasteiger partial charge is 0.325 e. The number of hydrogen-bond acceptors (Lipinski definition) is 4. The minimum absolute atomic E-state index is 0.342. The summed E-state index contributed by atoms with van der Waals surface area (Å²) in [6, 6.07) is -2.49. The van der Waals surface area contributed by atoms with Gasteiger partial charge in [0.2, 0.25) is 5.91 Å². The number of carbonyl (C=O) groups excluding carboxylic acids is 2. The van der Waals surface area contributed by atoms with Crippen LogP contribution in [0, 0.1) is 0 Å². The summed E-state index contributed by atoms with van der Waals surface area (Å²) < 4.78 is 4.75. The molecule has 8 nitrogen and oxygen atoms in total. The Bertz CT molecular complexity index is 308. The van der Waals surface area contributed by atoms with Crippen LogP contribution in [0.5, 0.6) is 0 Å². The number of carbonyl (C=O) groups is 3. The molecule has 0 aliphatic heterocycles. The molecule has 4 N–H and O–H groups in total. The van der Waals surface area contributed by atoms with Crippen molar-refractivity contribution in [1.82, 2.24) is 16.0 Å². The molecule has 18 heavy (non-hydrogen) atoms. The van der Waals surface area contributed by atoms with Crippen LogP contribution in [0.2, 0.25) is 0 Å². The van der Waals surface area contributed by atoms with Crippen LogP contribution in [0.4, 0.5) is 4.79 Å². The zero-order valence-electron chi connectivity index (χ0n) is 10.6. The molecule has 2 atom stereocenters. The summed E-state index contributed by atoms with van der Waals surface area (Å²) >= 11 is 0. The third-order valence-electron chi connectivity index (χ3n) is 2.06. The first kappa shape index (κ1) is 16.2. The van der Waals surface area contributed by atoms with Gasteiger partial charge < -0.3 is 25.8 Å². The molecule has 8 heteroatoms. The maximum Gasteiger partial charge on any atom is 0.325 e. The van der Waals surface area contributed by atoms with Crippen LogP contribution < -0.4 is 16.0 Å². The summed E-state index contributed by atoms with van der Waals surface area (Å²) in [6.07, 6.45) is 0. The van der Waals surface area contributed by atoms with Crippen molar-refractivity contribution < 1.29 is 24.2 Å². The molecule has 0 fully saturated rings. The van der Waals surface area contributed by atoms with Gasteiger partial charge in [-0.15, -0.1) is 0 Å². The van der Waals surface area contributed by atoms with Crippen molar-refractivity contribution in [2.45, 2.75) is 25.9 Å². The predicted octanol–water partition coefficient (Wildman–Crippen LogP) is -1.09. The first-order valence-corrected chi connectivity index (χ1v) is 5.45. The number of carboxylic acids is 1. The lowest BCUT2D eigenvalue weighted by Gasteiger charge is -2.16. The normalized spacial score (nSPS) is 13.3. The van der Waals surface area contributed by atoms with Crippen molar-refractivity contribution in [2.24, 2.45) is 0 Å². The summed E-state index contributed by atoms with van der Waals surface area (Å²) in [5.41, 5.74) is 0. The molecule has 0 rings (SSSR count). The molecule has 0 spiro atoms. The molecule has 0 aromatic rings. The Morgan fingerprint density at radius 3 is 2.22 bits per heavy atom. The fraction of sp³-hybridized carbons (Fsp3) is 0.700. The van der Waals surface area contributed by atoms with Crippen molar-refractivity contribution in [2.75, 3.05) is 20.3 Å². The van der Waals surface area contributed by atoms with E-state index in [4.69, 9.17) is 9.84 Å². The van der Waals surface area contributed by atoms with E-state index in [1.165, 1.54) is 21.0 Å². The number of urea groups is 1. The second-order valence-electron chi connectivity index (χ2n) is 3.68. The molecule has 0 bridgehead atoms. The molecule has 104 valence electrons. The van der Waals surface area contributed by atoms with Gasteiger partial charge in [0.25, 0.3) is 0 Å². The van der Waals surface area contributed by atoms with E-state index < -0.39 is 24.1 Å². The van der Waals surface area contributed by atoms with Crippen molar-refractivity contribution >= 4 is 17.9 Å². The molecule has 0 radical (unpaired) electrons. The van der Waals surface area contributed by atoms with Gasteiger partial charge in [-0.3, -0.25) is 9.59 Å². The van der Waals surface area contributed by atoms with E-state index in [-0.39, 0.29) is 5.91 Å². The maximum atomic E-state index is 11.4. The Morgan fingerprint density at radius 1 is 1.17 bits per heavy atom. The van der Waals surface area contributed by atoms with Crippen LogP contribution in [0.15, 0.2) is 0 Å². The Labute approximate surface area is 105 Å². The summed E-state index contributed by atoms with van der Waals surface area (Å²) in [5, 5.41) is 15.6. The Kier molecular flexibility index (Phi) is 7.45. The van der Waals surface area contributed by atoms with Gasteiger partial charge in [0.15, 0.2) is 0 Å². The highest BCUT2D eigenvalue weighted by Crippen LogP contribution is 1.85. The fourth-order valence-corrected chi connectivity index (χ4v) is 0.992. The lowest BCUT2D eigenvalue weighted by Crippen LogP contribution is -2.51. The number of carboxylic acid groups (broad SMARTS) is 1. The standard InChI is InChI=1S/C10H19N3O5/c1-6(8(14)11-4-5-18-3)12-10(17)13-7(2)9(15)16/h6-7H,4-5H2,1-3H3,(H,11,14)(H,15,16)(H2,12,13,17). The first-order chi connectivity index (χ1) is 8.38. The number of aliphatic carboxylic acids is 1. The SMILES string of the molecule is COCCNC(=O)C(C)NC(=O)NC(C)C(=O)O. The summed E-state index contributed by atoms with van der Waals surface area (Å²) in [6.45, 7) is 3.54. The van der Waals surface area contributed by atoms with Crippen LogP contribution in [0.3, 0.4) is 0 Å². The summed E-state index contributed by atoms with van der Waals surface area (Å²) in [7, 11) is 1.51. The quantitative estimate of drug-likeness (QED) is 0.434. The molecule has 3 amide bonds. The fourth-order valence-electron chi connectivity index (χ4n) is 0.992. The van der Waals surface area contributed by atoms with Crippen LogP contribution >= 0.6 is 0 Å². The van der Waals surface area contributed by atoms with Crippen molar-refractivity contribution in [3.63, 3.8) is 0 Å².